The summed E-state index contributed by atoms with van der Waals surface area (Å²) >= 11 is 1.67. The number of nitrogens with one attached hydrogen (secondary N) is 1. The Morgan fingerprint density at radius 3 is 2.48 bits per heavy atom. The van der Waals surface area contributed by atoms with Crippen molar-refractivity contribution in [2.45, 2.75) is 44.6 Å². The molecule has 1 saturated carbocycles. The molecule has 1 atom stereocenters. The molecule has 1 N–H and O–H groups in total. The summed E-state index contributed by atoms with van der Waals surface area (Å²) in [5, 5.41) is 5.24. The quantitative estimate of drug-likeness (QED) is 0.793. The fourth-order valence-electron chi connectivity index (χ4n) is 4.06. The molecule has 5 nitrogen and oxygen atoms in total. The van der Waals surface area contributed by atoms with Gasteiger partial charge in [-0.2, -0.15) is 0 Å². The van der Waals surface area contributed by atoms with Crippen LogP contribution in [0.2, 0.25) is 0 Å². The predicted octanol–water partition coefficient (Wildman–Crippen LogP) is 4.06. The topological polar surface area (TPSA) is 66.5 Å². The van der Waals surface area contributed by atoms with E-state index in [2.05, 4.69) is 11.4 Å². The standard InChI is InChI=1S/C21H22N2O3S/c24-18-10-11-19(25)23(18)16-8-3-7-15(13-16)21(26)22-20(14-5-1-2-6-14)17-9-4-12-27-17/h3-4,7-9,12-14,20H,1-2,5-6,10-11H2,(H,22,26). The van der Waals surface area contributed by atoms with Crippen LogP contribution >= 0.6 is 11.3 Å². The van der Waals surface area contributed by atoms with E-state index in [-0.39, 0.29) is 36.6 Å². The molecule has 27 heavy (non-hydrogen) atoms. The van der Waals surface area contributed by atoms with E-state index in [9.17, 15) is 14.4 Å². The molecule has 0 bridgehead atoms. The van der Waals surface area contributed by atoms with Crippen LogP contribution in [0.25, 0.3) is 0 Å². The van der Waals surface area contributed by atoms with Crippen molar-refractivity contribution >= 4 is 34.7 Å². The second kappa shape index (κ2) is 7.64. The third-order valence-electron chi connectivity index (χ3n) is 5.43. The minimum atomic E-state index is -0.208. The minimum Gasteiger partial charge on any atom is -0.344 e. The largest absolute Gasteiger partial charge is 0.344 e. The Balaban J connectivity index is 1.56. The maximum atomic E-state index is 12.9. The van der Waals surface area contributed by atoms with Gasteiger partial charge in [-0.1, -0.05) is 25.0 Å². The molecule has 0 spiro atoms. The third-order valence-corrected chi connectivity index (χ3v) is 6.38. The molecule has 2 aromatic rings. The average Bonchev–Trinajstić information content (AvgIpc) is 3.43. The highest BCUT2D eigenvalue weighted by Crippen LogP contribution is 2.37. The van der Waals surface area contributed by atoms with E-state index in [4.69, 9.17) is 0 Å². The molecule has 1 aliphatic carbocycles. The van der Waals surface area contributed by atoms with E-state index in [0.29, 0.717) is 17.2 Å². The third kappa shape index (κ3) is 3.67. The van der Waals surface area contributed by atoms with Crippen molar-refractivity contribution in [2.24, 2.45) is 5.92 Å². The molecule has 1 unspecified atom stereocenters. The van der Waals surface area contributed by atoms with Crippen LogP contribution in [0.3, 0.4) is 0 Å². The number of amides is 3. The van der Waals surface area contributed by atoms with Crippen molar-refractivity contribution < 1.29 is 14.4 Å². The summed E-state index contributed by atoms with van der Waals surface area (Å²) in [7, 11) is 0. The summed E-state index contributed by atoms with van der Waals surface area (Å²) in [5.74, 6) is -0.126. The van der Waals surface area contributed by atoms with E-state index < -0.39 is 0 Å². The van der Waals surface area contributed by atoms with Crippen LogP contribution in [0.15, 0.2) is 41.8 Å². The number of benzene rings is 1. The Morgan fingerprint density at radius 1 is 1.07 bits per heavy atom. The Bertz CT molecular complexity index is 840. The van der Waals surface area contributed by atoms with Crippen LogP contribution in [-0.2, 0) is 9.59 Å². The number of carbonyl (C=O) groups is 3. The molecule has 2 heterocycles. The van der Waals surface area contributed by atoms with Crippen LogP contribution < -0.4 is 10.2 Å². The Hall–Kier alpha value is -2.47. The fourth-order valence-corrected chi connectivity index (χ4v) is 4.92. The number of hydrogen-bond acceptors (Lipinski definition) is 4. The first-order chi connectivity index (χ1) is 13.1. The molecular formula is C21H22N2O3S. The zero-order valence-corrected chi connectivity index (χ0v) is 15.8. The maximum absolute atomic E-state index is 12.9. The van der Waals surface area contributed by atoms with Gasteiger partial charge in [-0.3, -0.25) is 19.3 Å². The molecule has 4 rings (SSSR count). The molecule has 2 fully saturated rings. The van der Waals surface area contributed by atoms with Crippen molar-refractivity contribution in [3.63, 3.8) is 0 Å². The van der Waals surface area contributed by atoms with Gasteiger partial charge in [-0.05, 0) is 48.4 Å². The number of carbonyl (C=O) groups excluding carboxylic acids is 3. The summed E-state index contributed by atoms with van der Waals surface area (Å²) in [4.78, 5) is 39.3. The van der Waals surface area contributed by atoms with Crippen molar-refractivity contribution in [1.29, 1.82) is 0 Å². The van der Waals surface area contributed by atoms with Gasteiger partial charge in [0.15, 0.2) is 0 Å². The van der Waals surface area contributed by atoms with E-state index in [1.807, 2.05) is 11.4 Å². The van der Waals surface area contributed by atoms with Crippen molar-refractivity contribution in [1.82, 2.24) is 5.32 Å². The second-order valence-corrected chi connectivity index (χ2v) is 8.16. The van der Waals surface area contributed by atoms with Gasteiger partial charge in [-0.25, -0.2) is 0 Å². The number of thiophene rings is 1. The summed E-state index contributed by atoms with van der Waals surface area (Å²) in [6.45, 7) is 0. The summed E-state index contributed by atoms with van der Waals surface area (Å²) in [6.07, 6.45) is 5.13. The van der Waals surface area contributed by atoms with E-state index >= 15 is 0 Å². The monoisotopic (exact) mass is 382 g/mol. The number of imide groups is 1. The first kappa shape index (κ1) is 17.9. The highest BCUT2D eigenvalue weighted by atomic mass is 32.1. The highest BCUT2D eigenvalue weighted by molar-refractivity contribution is 7.10. The number of hydrogen-bond donors (Lipinski definition) is 1. The first-order valence-corrected chi connectivity index (χ1v) is 10.3. The molecule has 6 heteroatoms. The molecular weight excluding hydrogens is 360 g/mol. The normalized spacial score (nSPS) is 18.9. The van der Waals surface area contributed by atoms with Crippen LogP contribution in [0.4, 0.5) is 5.69 Å². The van der Waals surface area contributed by atoms with Gasteiger partial charge < -0.3 is 5.32 Å². The molecule has 140 valence electrons. The molecule has 1 saturated heterocycles. The van der Waals surface area contributed by atoms with E-state index in [1.54, 1.807) is 35.6 Å². The predicted molar refractivity (Wildman–Crippen MR) is 105 cm³/mol. The van der Waals surface area contributed by atoms with Gasteiger partial charge in [0.2, 0.25) is 11.8 Å². The van der Waals surface area contributed by atoms with Gasteiger partial charge >= 0.3 is 0 Å². The lowest BCUT2D eigenvalue weighted by Gasteiger charge is -2.24. The SMILES string of the molecule is O=C(NC(c1cccs1)C1CCCC1)c1cccc(N2C(=O)CCC2=O)c1. The zero-order valence-electron chi connectivity index (χ0n) is 15.0. The Morgan fingerprint density at radius 2 is 1.81 bits per heavy atom. The van der Waals surface area contributed by atoms with Crippen LogP contribution in [0, 0.1) is 5.92 Å². The molecule has 0 radical (unpaired) electrons. The first-order valence-electron chi connectivity index (χ1n) is 9.43. The molecule has 1 aromatic carbocycles. The van der Waals surface area contributed by atoms with Crippen molar-refractivity contribution in [3.8, 4) is 0 Å². The van der Waals surface area contributed by atoms with Crippen LogP contribution in [0.1, 0.15) is 59.8 Å². The zero-order chi connectivity index (χ0) is 18.8. The average molecular weight is 382 g/mol. The van der Waals surface area contributed by atoms with Gasteiger partial charge in [0, 0.05) is 23.3 Å². The van der Waals surface area contributed by atoms with Crippen LogP contribution in [-0.4, -0.2) is 17.7 Å². The Kier molecular flexibility index (Phi) is 5.07. The molecule has 1 aliphatic heterocycles. The van der Waals surface area contributed by atoms with Crippen molar-refractivity contribution in [2.75, 3.05) is 4.90 Å². The lowest BCUT2D eigenvalue weighted by molar-refractivity contribution is -0.121. The van der Waals surface area contributed by atoms with Gasteiger partial charge in [0.25, 0.3) is 5.91 Å². The minimum absolute atomic E-state index is 0.0127. The maximum Gasteiger partial charge on any atom is 0.251 e. The lowest BCUT2D eigenvalue weighted by Crippen LogP contribution is -2.33. The number of rotatable bonds is 5. The number of anilines is 1. The molecule has 3 amide bonds. The van der Waals surface area contributed by atoms with Crippen LogP contribution in [0.5, 0.6) is 0 Å². The molecule has 2 aliphatic rings. The summed E-state index contributed by atoms with van der Waals surface area (Å²) in [5.41, 5.74) is 0.947. The Labute approximate surface area is 162 Å². The molecule has 1 aromatic heterocycles. The second-order valence-electron chi connectivity index (χ2n) is 7.18. The van der Waals surface area contributed by atoms with Crippen molar-refractivity contribution in [3.05, 3.63) is 52.2 Å². The van der Waals surface area contributed by atoms with Gasteiger partial charge in [0.05, 0.1) is 11.7 Å². The number of nitrogens with zero attached hydrogens (tertiary/aromatic N) is 1. The van der Waals surface area contributed by atoms with E-state index in [1.165, 1.54) is 22.6 Å². The summed E-state index contributed by atoms with van der Waals surface area (Å²) < 4.78 is 0. The lowest BCUT2D eigenvalue weighted by atomic mass is 9.96. The highest BCUT2D eigenvalue weighted by Gasteiger charge is 2.31. The van der Waals surface area contributed by atoms with Gasteiger partial charge in [-0.15, -0.1) is 11.3 Å². The smallest absolute Gasteiger partial charge is 0.251 e. The van der Waals surface area contributed by atoms with E-state index in [0.717, 1.165) is 12.8 Å². The van der Waals surface area contributed by atoms with Gasteiger partial charge in [0.1, 0.15) is 0 Å². The summed E-state index contributed by atoms with van der Waals surface area (Å²) in [6, 6.07) is 10.9. The fraction of sp³-hybridized carbons (Fsp3) is 0.381.